The molecule has 1 aliphatic heterocycles. The molecule has 2 amide bonds. The van der Waals surface area contributed by atoms with Crippen LogP contribution in [0.15, 0.2) is 42.5 Å². The Morgan fingerprint density at radius 1 is 1.16 bits per heavy atom. The zero-order chi connectivity index (χ0) is 23.1. The van der Waals surface area contributed by atoms with Gasteiger partial charge >= 0.3 is 6.61 Å². The number of alkyl halides is 2. The second-order valence-corrected chi connectivity index (χ2v) is 7.47. The van der Waals surface area contributed by atoms with Crippen LogP contribution in [0, 0.1) is 0 Å². The molecule has 32 heavy (non-hydrogen) atoms. The Kier molecular flexibility index (Phi) is 8.05. The molecule has 1 saturated heterocycles. The maximum atomic E-state index is 12.8. The third kappa shape index (κ3) is 6.20. The monoisotopic (exact) mass is 464 g/mol. The molecule has 3 rings (SSSR count). The average Bonchev–Trinajstić information content (AvgIpc) is 3.28. The highest BCUT2D eigenvalue weighted by Gasteiger charge is 2.22. The van der Waals surface area contributed by atoms with E-state index in [1.807, 2.05) is 0 Å². The van der Waals surface area contributed by atoms with Crippen molar-refractivity contribution in [3.8, 4) is 11.5 Å². The van der Waals surface area contributed by atoms with Crippen LogP contribution < -0.4 is 14.8 Å². The van der Waals surface area contributed by atoms with Crippen LogP contribution in [0.3, 0.4) is 0 Å². The van der Waals surface area contributed by atoms with Crippen molar-refractivity contribution in [1.82, 2.24) is 4.90 Å². The minimum atomic E-state index is -2.98. The van der Waals surface area contributed by atoms with E-state index in [9.17, 15) is 18.4 Å². The maximum Gasteiger partial charge on any atom is 0.387 e. The highest BCUT2D eigenvalue weighted by Crippen LogP contribution is 2.30. The first kappa shape index (κ1) is 23.5. The number of carbonyl (C=O) groups is 2. The summed E-state index contributed by atoms with van der Waals surface area (Å²) >= 11 is 6.06. The van der Waals surface area contributed by atoms with Crippen molar-refractivity contribution < 1.29 is 27.8 Å². The van der Waals surface area contributed by atoms with Crippen LogP contribution in [0.5, 0.6) is 11.5 Å². The summed E-state index contributed by atoms with van der Waals surface area (Å²) in [5.41, 5.74) is 1.23. The Morgan fingerprint density at radius 2 is 1.91 bits per heavy atom. The largest absolute Gasteiger partial charge is 0.490 e. The smallest absolute Gasteiger partial charge is 0.387 e. The number of hydrogen-bond acceptors (Lipinski definition) is 4. The molecule has 1 N–H and O–H groups in total. The second-order valence-electron chi connectivity index (χ2n) is 7.03. The van der Waals surface area contributed by atoms with Gasteiger partial charge in [0, 0.05) is 24.2 Å². The predicted octanol–water partition coefficient (Wildman–Crippen LogP) is 5.23. The summed E-state index contributed by atoms with van der Waals surface area (Å²) in [5.74, 6) is -0.584. The average molecular weight is 465 g/mol. The lowest BCUT2D eigenvalue weighted by Gasteiger charge is -2.18. The molecule has 0 aromatic heterocycles. The van der Waals surface area contributed by atoms with Crippen LogP contribution in [-0.4, -0.2) is 43.0 Å². The van der Waals surface area contributed by atoms with E-state index in [1.165, 1.54) is 36.4 Å². The van der Waals surface area contributed by atoms with Crippen molar-refractivity contribution in [3.63, 3.8) is 0 Å². The summed E-state index contributed by atoms with van der Waals surface area (Å²) in [5, 5.41) is 3.08. The minimum Gasteiger partial charge on any atom is -0.490 e. The van der Waals surface area contributed by atoms with Gasteiger partial charge in [-0.25, -0.2) is 0 Å². The first-order chi connectivity index (χ1) is 15.4. The molecule has 1 fully saturated rings. The summed E-state index contributed by atoms with van der Waals surface area (Å²) in [6.07, 6.45) is 4.67. The standard InChI is InChI=1S/C23H23ClF2N2O4/c1-2-31-20-13-15(5-9-19(20)32-23(25)26)6-10-21(29)27-18-14-16(24)7-8-17(18)22(30)28-11-3-4-12-28/h5-10,13-14,23H,2-4,11-12H2,1H3,(H,27,29)/b10-6+. The van der Waals surface area contributed by atoms with Crippen molar-refractivity contribution in [2.75, 3.05) is 25.0 Å². The van der Waals surface area contributed by atoms with Crippen LogP contribution in [0.2, 0.25) is 5.02 Å². The summed E-state index contributed by atoms with van der Waals surface area (Å²) in [6, 6.07) is 9.09. The topological polar surface area (TPSA) is 67.9 Å². The third-order valence-corrected chi connectivity index (χ3v) is 5.01. The van der Waals surface area contributed by atoms with Crippen LogP contribution >= 0.6 is 11.6 Å². The number of hydrogen-bond donors (Lipinski definition) is 1. The number of carbonyl (C=O) groups excluding carboxylic acids is 2. The Hall–Kier alpha value is -3.13. The van der Waals surface area contributed by atoms with Gasteiger partial charge in [-0.2, -0.15) is 8.78 Å². The molecule has 170 valence electrons. The molecule has 2 aromatic carbocycles. The van der Waals surface area contributed by atoms with Gasteiger partial charge in [-0.15, -0.1) is 0 Å². The molecule has 1 heterocycles. The van der Waals surface area contributed by atoms with Crippen molar-refractivity contribution in [1.29, 1.82) is 0 Å². The summed E-state index contributed by atoms with van der Waals surface area (Å²) in [4.78, 5) is 27.0. The Labute approximate surface area is 189 Å². The molecule has 2 aromatic rings. The summed E-state index contributed by atoms with van der Waals surface area (Å²) in [6.45, 7) is 0.366. The molecule has 0 unspecified atom stereocenters. The number of rotatable bonds is 8. The van der Waals surface area contributed by atoms with Crippen LogP contribution in [0.25, 0.3) is 6.08 Å². The molecular formula is C23H23ClF2N2O4. The van der Waals surface area contributed by atoms with Gasteiger partial charge in [0.25, 0.3) is 5.91 Å². The van der Waals surface area contributed by atoms with E-state index in [-0.39, 0.29) is 24.0 Å². The third-order valence-electron chi connectivity index (χ3n) is 4.77. The van der Waals surface area contributed by atoms with E-state index in [4.69, 9.17) is 16.3 Å². The Balaban J connectivity index is 1.75. The van der Waals surface area contributed by atoms with Gasteiger partial charge in [-0.05, 0) is 61.7 Å². The predicted molar refractivity (Wildman–Crippen MR) is 118 cm³/mol. The van der Waals surface area contributed by atoms with Crippen molar-refractivity contribution in [2.45, 2.75) is 26.4 Å². The molecule has 1 aliphatic rings. The van der Waals surface area contributed by atoms with Crippen LogP contribution in [0.4, 0.5) is 14.5 Å². The highest BCUT2D eigenvalue weighted by atomic mass is 35.5. The molecule has 0 atom stereocenters. The minimum absolute atomic E-state index is 0.0903. The van der Waals surface area contributed by atoms with Gasteiger partial charge in [0.15, 0.2) is 11.5 Å². The normalized spacial score (nSPS) is 13.6. The first-order valence-corrected chi connectivity index (χ1v) is 10.5. The van der Waals surface area contributed by atoms with Gasteiger partial charge in [0.2, 0.25) is 5.91 Å². The van der Waals surface area contributed by atoms with Crippen molar-refractivity contribution >= 4 is 35.2 Å². The van der Waals surface area contributed by atoms with E-state index in [0.29, 0.717) is 34.9 Å². The van der Waals surface area contributed by atoms with Gasteiger partial charge in [0.1, 0.15) is 0 Å². The summed E-state index contributed by atoms with van der Waals surface area (Å²) < 4.78 is 34.8. The van der Waals surface area contributed by atoms with Gasteiger partial charge < -0.3 is 19.7 Å². The number of anilines is 1. The molecule has 0 bridgehead atoms. The zero-order valence-electron chi connectivity index (χ0n) is 17.4. The molecule has 0 aliphatic carbocycles. The first-order valence-electron chi connectivity index (χ1n) is 10.2. The number of halogens is 3. The van der Waals surface area contributed by atoms with Crippen LogP contribution in [-0.2, 0) is 4.79 Å². The summed E-state index contributed by atoms with van der Waals surface area (Å²) in [7, 11) is 0. The lowest BCUT2D eigenvalue weighted by atomic mass is 10.1. The van der Waals surface area contributed by atoms with E-state index in [2.05, 4.69) is 10.1 Å². The van der Waals surface area contributed by atoms with Crippen molar-refractivity contribution in [2.24, 2.45) is 0 Å². The fraction of sp³-hybridized carbons (Fsp3) is 0.304. The number of benzene rings is 2. The number of nitrogens with one attached hydrogen (secondary N) is 1. The van der Waals surface area contributed by atoms with E-state index in [1.54, 1.807) is 24.0 Å². The number of nitrogens with zero attached hydrogens (tertiary/aromatic N) is 1. The van der Waals surface area contributed by atoms with Crippen LogP contribution in [0.1, 0.15) is 35.7 Å². The van der Waals surface area contributed by atoms with E-state index in [0.717, 1.165) is 12.8 Å². The lowest BCUT2D eigenvalue weighted by Crippen LogP contribution is -2.28. The van der Waals surface area contributed by atoms with E-state index < -0.39 is 12.5 Å². The quantitative estimate of drug-likeness (QED) is 0.543. The fourth-order valence-electron chi connectivity index (χ4n) is 3.33. The van der Waals surface area contributed by atoms with Crippen molar-refractivity contribution in [3.05, 3.63) is 58.6 Å². The second kappa shape index (κ2) is 10.9. The number of likely N-dealkylation sites (tertiary alicyclic amines) is 1. The molecule has 6 nitrogen and oxygen atoms in total. The van der Waals surface area contributed by atoms with Gasteiger partial charge in [-0.3, -0.25) is 9.59 Å². The zero-order valence-corrected chi connectivity index (χ0v) is 18.2. The SMILES string of the molecule is CCOc1cc(/C=C/C(=O)Nc2cc(Cl)ccc2C(=O)N2CCCC2)ccc1OC(F)F. The molecule has 0 saturated carbocycles. The maximum absolute atomic E-state index is 12.8. The Bertz CT molecular complexity index is 1010. The fourth-order valence-corrected chi connectivity index (χ4v) is 3.51. The number of ether oxygens (including phenoxy) is 2. The molecule has 0 radical (unpaired) electrons. The van der Waals surface area contributed by atoms with E-state index >= 15 is 0 Å². The lowest BCUT2D eigenvalue weighted by molar-refractivity contribution is -0.111. The van der Waals surface area contributed by atoms with Gasteiger partial charge in [0.05, 0.1) is 17.9 Å². The molecule has 9 heteroatoms. The molecule has 0 spiro atoms. The number of amides is 2. The highest BCUT2D eigenvalue weighted by molar-refractivity contribution is 6.31. The molecular weight excluding hydrogens is 442 g/mol. The Morgan fingerprint density at radius 3 is 2.59 bits per heavy atom. The van der Waals surface area contributed by atoms with Gasteiger partial charge in [-0.1, -0.05) is 17.7 Å².